The summed E-state index contributed by atoms with van der Waals surface area (Å²) in [7, 11) is 1.74. The van der Waals surface area contributed by atoms with Crippen molar-refractivity contribution in [2.45, 2.75) is 12.5 Å². The van der Waals surface area contributed by atoms with E-state index in [1.165, 1.54) is 24.5 Å². The third kappa shape index (κ3) is 2.90. The Morgan fingerprint density at radius 1 is 1.34 bits per heavy atom. The fourth-order valence-electron chi connectivity index (χ4n) is 5.03. The maximum atomic E-state index is 14.4. The molecule has 4 aromatic rings. The number of nitrogens with zero attached hydrogens (tertiary/aromatic N) is 4. The van der Waals surface area contributed by atoms with Gasteiger partial charge in [-0.1, -0.05) is 0 Å². The molecule has 2 unspecified atom stereocenters. The number of H-pyrrole nitrogens is 1. The molecule has 0 radical (unpaired) electrons. The van der Waals surface area contributed by atoms with Crippen molar-refractivity contribution in [3.63, 3.8) is 0 Å². The number of fused-ring (bicyclic) bond motifs is 4. The molecule has 2 aliphatic rings. The van der Waals surface area contributed by atoms with Gasteiger partial charge in [0.25, 0.3) is 0 Å². The molecule has 0 amide bonds. The fourth-order valence-corrected chi connectivity index (χ4v) is 5.03. The smallest absolute Gasteiger partial charge is 0.326 e. The van der Waals surface area contributed by atoms with Crippen LogP contribution < -0.4 is 25.4 Å². The highest BCUT2D eigenvalue weighted by molar-refractivity contribution is 6.14. The first-order chi connectivity index (χ1) is 15.5. The van der Waals surface area contributed by atoms with Crippen molar-refractivity contribution < 1.29 is 13.9 Å². The van der Waals surface area contributed by atoms with Gasteiger partial charge in [0.15, 0.2) is 11.9 Å². The quantitative estimate of drug-likeness (QED) is 0.333. The number of hydrogen-bond acceptors (Lipinski definition) is 7. The lowest BCUT2D eigenvalue weighted by Gasteiger charge is -2.36. The van der Waals surface area contributed by atoms with Gasteiger partial charge in [-0.3, -0.25) is 0 Å². The van der Waals surface area contributed by atoms with Crippen molar-refractivity contribution in [2.75, 3.05) is 30.4 Å². The zero-order valence-electron chi connectivity index (χ0n) is 17.4. The van der Waals surface area contributed by atoms with Crippen molar-refractivity contribution in [3.05, 3.63) is 47.7 Å². The van der Waals surface area contributed by atoms with Gasteiger partial charge in [-0.2, -0.15) is 14.7 Å². The monoisotopic (exact) mass is 435 g/mol. The average molecular weight is 435 g/mol. The molecule has 10 heteroatoms. The van der Waals surface area contributed by atoms with E-state index in [0.29, 0.717) is 44.9 Å². The Bertz CT molecular complexity index is 1360. The second kappa shape index (κ2) is 6.92. The summed E-state index contributed by atoms with van der Waals surface area (Å²) in [5.74, 6) is 1.61. The molecule has 4 N–H and O–H groups in total. The van der Waals surface area contributed by atoms with Gasteiger partial charge in [0.2, 0.25) is 6.20 Å². The Hall–Kier alpha value is -3.66. The first-order valence-electron chi connectivity index (χ1n) is 10.6. The Morgan fingerprint density at radius 3 is 2.97 bits per heavy atom. The van der Waals surface area contributed by atoms with Gasteiger partial charge in [-0.05, 0) is 36.5 Å². The molecule has 1 aliphatic carbocycles. The Morgan fingerprint density at radius 2 is 2.22 bits per heavy atom. The third-order valence-corrected chi connectivity index (χ3v) is 6.63. The van der Waals surface area contributed by atoms with Crippen LogP contribution in [0.1, 0.15) is 6.42 Å². The van der Waals surface area contributed by atoms with Crippen LogP contribution in [0, 0.1) is 22.9 Å². The molecular formula is C22H22FN7O2. The number of benzene rings is 1. The van der Waals surface area contributed by atoms with Gasteiger partial charge in [0.05, 0.1) is 16.6 Å². The number of ether oxygens (including phenoxy) is 1. The Labute approximate surface area is 182 Å². The summed E-state index contributed by atoms with van der Waals surface area (Å²) < 4.78 is 20.9. The summed E-state index contributed by atoms with van der Waals surface area (Å²) in [4.78, 5) is 14.7. The third-order valence-electron chi connectivity index (χ3n) is 6.63. The molecule has 0 spiro atoms. The van der Waals surface area contributed by atoms with Gasteiger partial charge < -0.3 is 30.9 Å². The number of anilines is 2. The molecule has 3 aromatic heterocycles. The van der Waals surface area contributed by atoms with Gasteiger partial charge in [-0.15, -0.1) is 0 Å². The molecule has 2 fully saturated rings. The largest absolute Gasteiger partial charge is 0.619 e. The molecule has 0 bridgehead atoms. The van der Waals surface area contributed by atoms with Crippen LogP contribution in [0.5, 0.6) is 11.8 Å². The van der Waals surface area contributed by atoms with Crippen molar-refractivity contribution in [2.24, 2.45) is 17.6 Å². The van der Waals surface area contributed by atoms with Crippen LogP contribution in [0.15, 0.2) is 36.7 Å². The maximum absolute atomic E-state index is 14.4. The molecule has 1 aliphatic heterocycles. The topological polar surface area (TPSA) is 119 Å². The van der Waals surface area contributed by atoms with E-state index in [9.17, 15) is 9.60 Å². The molecule has 164 valence electrons. The number of rotatable bonds is 4. The van der Waals surface area contributed by atoms with Crippen molar-refractivity contribution in [1.82, 2.24) is 15.0 Å². The van der Waals surface area contributed by atoms with Crippen LogP contribution in [0.25, 0.3) is 21.9 Å². The Balaban J connectivity index is 1.54. The minimum absolute atomic E-state index is 0.111. The SMILES string of the molecule is CNc1cc(F)cc2c1[nH]c1nc(Oc3ccc[n+]([O-])c3)nc(N3CC4C[C@@H](N)C4C3)c12. The van der Waals surface area contributed by atoms with E-state index in [4.69, 9.17) is 15.5 Å². The summed E-state index contributed by atoms with van der Waals surface area (Å²) in [6.07, 6.45) is 3.68. The molecule has 4 heterocycles. The Kier molecular flexibility index (Phi) is 4.12. The van der Waals surface area contributed by atoms with Gasteiger partial charge in [0.1, 0.15) is 17.3 Å². The molecule has 9 nitrogen and oxygen atoms in total. The minimum Gasteiger partial charge on any atom is -0.619 e. The molecule has 6 rings (SSSR count). The van der Waals surface area contributed by atoms with E-state index >= 15 is 0 Å². The summed E-state index contributed by atoms with van der Waals surface area (Å²) in [5.41, 5.74) is 8.12. The number of nitrogens with two attached hydrogens (primary N) is 1. The molecule has 3 atom stereocenters. The second-order valence-electron chi connectivity index (χ2n) is 8.53. The van der Waals surface area contributed by atoms with Gasteiger partial charge in [-0.25, -0.2) is 4.39 Å². The number of pyridine rings is 1. The normalized spacial score (nSPS) is 22.2. The number of nitrogens with one attached hydrogen (secondary N) is 2. The van der Waals surface area contributed by atoms with Gasteiger partial charge in [0, 0.05) is 37.6 Å². The van der Waals surface area contributed by atoms with E-state index in [-0.39, 0.29) is 17.9 Å². The number of halogens is 1. The zero-order valence-corrected chi connectivity index (χ0v) is 17.4. The van der Waals surface area contributed by atoms with Crippen molar-refractivity contribution in [3.8, 4) is 11.8 Å². The van der Waals surface area contributed by atoms with Crippen LogP contribution in [-0.4, -0.2) is 41.1 Å². The lowest BCUT2D eigenvalue weighted by atomic mass is 9.72. The maximum Gasteiger partial charge on any atom is 0.326 e. The number of aromatic amines is 1. The summed E-state index contributed by atoms with van der Waals surface area (Å²) in [6.45, 7) is 1.61. The second-order valence-corrected chi connectivity index (χ2v) is 8.53. The van der Waals surface area contributed by atoms with E-state index in [2.05, 4.69) is 20.2 Å². The highest BCUT2D eigenvalue weighted by Crippen LogP contribution is 2.44. The van der Waals surface area contributed by atoms with E-state index in [1.807, 2.05) is 0 Å². The van der Waals surface area contributed by atoms with Crippen LogP contribution in [0.2, 0.25) is 0 Å². The highest BCUT2D eigenvalue weighted by atomic mass is 19.1. The standard InChI is InChI=1S/C22H22FN7O2/c1-25-17-7-12(23)6-14-18-20(26-19(14)17)27-22(32-13-3-2-4-30(31)9-13)28-21(18)29-8-11-5-16(24)15(11)10-29/h2-4,6-7,9,11,15-16,25H,5,8,10,24H2,1H3,(H,26,27,28)/t11?,15?,16-/m1/s1. The lowest BCUT2D eigenvalue weighted by Crippen LogP contribution is -2.46. The first-order valence-corrected chi connectivity index (χ1v) is 10.6. The van der Waals surface area contributed by atoms with Crippen LogP contribution in [0.3, 0.4) is 0 Å². The fraction of sp³-hybridized carbons (Fsp3) is 0.318. The number of aromatic nitrogens is 4. The van der Waals surface area contributed by atoms with Crippen LogP contribution in [-0.2, 0) is 0 Å². The average Bonchev–Trinajstić information content (AvgIpc) is 3.30. The number of hydrogen-bond donors (Lipinski definition) is 3. The molecular weight excluding hydrogens is 413 g/mol. The van der Waals surface area contributed by atoms with Gasteiger partial charge >= 0.3 is 6.01 Å². The van der Waals surface area contributed by atoms with E-state index in [0.717, 1.165) is 30.4 Å². The molecule has 32 heavy (non-hydrogen) atoms. The van der Waals surface area contributed by atoms with E-state index in [1.54, 1.807) is 19.2 Å². The van der Waals surface area contributed by atoms with E-state index < -0.39 is 0 Å². The lowest BCUT2D eigenvalue weighted by molar-refractivity contribution is -0.605. The van der Waals surface area contributed by atoms with Crippen LogP contribution in [0.4, 0.5) is 15.9 Å². The predicted octanol–water partition coefficient (Wildman–Crippen LogP) is 2.50. The summed E-state index contributed by atoms with van der Waals surface area (Å²) in [5, 5.41) is 16.1. The summed E-state index contributed by atoms with van der Waals surface area (Å²) in [6, 6.07) is 6.50. The van der Waals surface area contributed by atoms with Crippen molar-refractivity contribution in [1.29, 1.82) is 0 Å². The van der Waals surface area contributed by atoms with Crippen LogP contribution >= 0.6 is 0 Å². The molecule has 1 saturated carbocycles. The predicted molar refractivity (Wildman–Crippen MR) is 118 cm³/mol. The minimum atomic E-state index is -0.346. The zero-order chi connectivity index (χ0) is 22.0. The highest BCUT2D eigenvalue weighted by Gasteiger charge is 2.46. The summed E-state index contributed by atoms with van der Waals surface area (Å²) >= 11 is 0. The molecule has 1 saturated heterocycles. The first kappa shape index (κ1) is 19.1. The molecule has 1 aromatic carbocycles. The van der Waals surface area contributed by atoms with Crippen molar-refractivity contribution >= 4 is 33.4 Å².